The van der Waals surface area contributed by atoms with Gasteiger partial charge in [0.05, 0.1) is 23.4 Å². The van der Waals surface area contributed by atoms with Crippen molar-refractivity contribution in [3.05, 3.63) is 53.2 Å². The first-order valence-electron chi connectivity index (χ1n) is 5.44. The molecule has 110 valence electrons. The number of carboxylic acid groups (broad SMARTS) is 1. The van der Waals surface area contributed by atoms with Crippen LogP contribution in [-0.2, 0) is 13.6 Å². The standard InChI is InChI=1S/C10H8N4O6S/c1-12-3-6(14(19)20)8(15)13(10(12)18)2-5-4-21-7(11-5)9(16)17/h3-4H,2H2,1H3,(H,16,17). The van der Waals surface area contributed by atoms with Crippen LogP contribution in [-0.4, -0.2) is 30.1 Å². The summed E-state index contributed by atoms with van der Waals surface area (Å²) in [7, 11) is 1.27. The molecule has 1 N–H and O–H groups in total. The number of thiazole rings is 1. The highest BCUT2D eigenvalue weighted by atomic mass is 32.1. The van der Waals surface area contributed by atoms with Gasteiger partial charge in [0, 0.05) is 12.4 Å². The molecule has 0 fully saturated rings. The summed E-state index contributed by atoms with van der Waals surface area (Å²) in [6.45, 7) is -0.336. The van der Waals surface area contributed by atoms with Gasteiger partial charge < -0.3 is 5.11 Å². The fourth-order valence-corrected chi connectivity index (χ4v) is 2.26. The molecule has 0 aliphatic carbocycles. The van der Waals surface area contributed by atoms with Crippen molar-refractivity contribution < 1.29 is 14.8 Å². The lowest BCUT2D eigenvalue weighted by Gasteiger charge is -2.05. The van der Waals surface area contributed by atoms with Gasteiger partial charge in [0.15, 0.2) is 0 Å². The van der Waals surface area contributed by atoms with E-state index >= 15 is 0 Å². The molecule has 0 aliphatic heterocycles. The number of nitrogens with zero attached hydrogens (tertiary/aromatic N) is 4. The average molecular weight is 312 g/mol. The van der Waals surface area contributed by atoms with Crippen LogP contribution in [0.3, 0.4) is 0 Å². The first-order chi connectivity index (χ1) is 9.81. The van der Waals surface area contributed by atoms with E-state index in [1.165, 1.54) is 12.4 Å². The number of hydrogen-bond donors (Lipinski definition) is 1. The van der Waals surface area contributed by atoms with E-state index in [0.717, 1.165) is 22.1 Å². The lowest BCUT2D eigenvalue weighted by molar-refractivity contribution is -0.387. The van der Waals surface area contributed by atoms with E-state index in [4.69, 9.17) is 5.11 Å². The molecule has 0 amide bonds. The van der Waals surface area contributed by atoms with E-state index in [-0.39, 0.29) is 17.2 Å². The zero-order chi connectivity index (χ0) is 15.7. The minimum atomic E-state index is -1.23. The molecule has 0 radical (unpaired) electrons. The number of carboxylic acids is 1. The van der Waals surface area contributed by atoms with Crippen molar-refractivity contribution in [3.8, 4) is 0 Å². The molecule has 10 nitrogen and oxygen atoms in total. The fraction of sp³-hybridized carbons (Fsp3) is 0.200. The van der Waals surface area contributed by atoms with E-state index in [1.54, 1.807) is 0 Å². The van der Waals surface area contributed by atoms with Crippen molar-refractivity contribution in [3.63, 3.8) is 0 Å². The SMILES string of the molecule is Cn1cc([N+](=O)[O-])c(=O)n(Cc2csc(C(=O)O)n2)c1=O. The predicted octanol–water partition coefficient (Wildman–Crippen LogP) is -0.342. The predicted molar refractivity (Wildman–Crippen MR) is 70.8 cm³/mol. The third-order valence-corrected chi connectivity index (χ3v) is 3.44. The first-order valence-corrected chi connectivity index (χ1v) is 6.31. The fourth-order valence-electron chi connectivity index (χ4n) is 1.61. The second-order valence-electron chi connectivity index (χ2n) is 4.01. The molecule has 0 bridgehead atoms. The number of carbonyl (C=O) groups is 1. The van der Waals surface area contributed by atoms with Crippen LogP contribution in [0.15, 0.2) is 21.2 Å². The molecule has 0 saturated heterocycles. The van der Waals surface area contributed by atoms with Crippen LogP contribution in [0.25, 0.3) is 0 Å². The van der Waals surface area contributed by atoms with Gasteiger partial charge in [-0.2, -0.15) is 0 Å². The van der Waals surface area contributed by atoms with E-state index < -0.39 is 27.8 Å². The summed E-state index contributed by atoms with van der Waals surface area (Å²) in [6.07, 6.45) is 0.838. The van der Waals surface area contributed by atoms with Crippen LogP contribution < -0.4 is 11.2 Å². The van der Waals surface area contributed by atoms with Crippen LogP contribution in [0.1, 0.15) is 15.5 Å². The van der Waals surface area contributed by atoms with E-state index in [2.05, 4.69) is 4.98 Å². The van der Waals surface area contributed by atoms with Crippen molar-refractivity contribution in [2.45, 2.75) is 6.54 Å². The first kappa shape index (κ1) is 14.6. The summed E-state index contributed by atoms with van der Waals surface area (Å²) in [6, 6.07) is 0. The van der Waals surface area contributed by atoms with Gasteiger partial charge in [0.1, 0.15) is 0 Å². The number of aromatic nitrogens is 3. The zero-order valence-corrected chi connectivity index (χ0v) is 11.4. The Balaban J connectivity index is 2.53. The lowest BCUT2D eigenvalue weighted by atomic mass is 10.4. The molecule has 0 atom stereocenters. The van der Waals surface area contributed by atoms with Crippen molar-refractivity contribution in [2.24, 2.45) is 7.05 Å². The summed E-state index contributed by atoms with van der Waals surface area (Å²) in [4.78, 5) is 48.1. The Hall–Kier alpha value is -2.82. The Labute approximate surface area is 119 Å². The minimum Gasteiger partial charge on any atom is -0.476 e. The minimum absolute atomic E-state index is 0.164. The quantitative estimate of drug-likeness (QED) is 0.602. The molecule has 0 unspecified atom stereocenters. The molecular weight excluding hydrogens is 304 g/mol. The molecule has 21 heavy (non-hydrogen) atoms. The van der Waals surface area contributed by atoms with Crippen LogP contribution >= 0.6 is 11.3 Å². The van der Waals surface area contributed by atoms with Gasteiger partial charge in [-0.05, 0) is 0 Å². The van der Waals surface area contributed by atoms with Gasteiger partial charge in [-0.1, -0.05) is 0 Å². The lowest BCUT2D eigenvalue weighted by Crippen LogP contribution is -2.39. The summed E-state index contributed by atoms with van der Waals surface area (Å²) in [5.41, 5.74) is -2.40. The van der Waals surface area contributed by atoms with Gasteiger partial charge in [-0.3, -0.25) is 19.5 Å². The Morgan fingerprint density at radius 3 is 2.71 bits per heavy atom. The van der Waals surface area contributed by atoms with Crippen molar-refractivity contribution in [1.82, 2.24) is 14.1 Å². The second kappa shape index (κ2) is 5.28. The second-order valence-corrected chi connectivity index (χ2v) is 4.86. The molecule has 0 aliphatic rings. The van der Waals surface area contributed by atoms with E-state index in [9.17, 15) is 24.5 Å². The third kappa shape index (κ3) is 2.72. The summed E-state index contributed by atoms with van der Waals surface area (Å²) >= 11 is 0.835. The summed E-state index contributed by atoms with van der Waals surface area (Å²) < 4.78 is 1.54. The molecule has 11 heteroatoms. The van der Waals surface area contributed by atoms with Gasteiger partial charge >= 0.3 is 22.9 Å². The molecule has 0 spiro atoms. The van der Waals surface area contributed by atoms with Crippen LogP contribution in [0, 0.1) is 10.1 Å². The summed E-state index contributed by atoms with van der Waals surface area (Å²) in [5.74, 6) is -1.23. The Kier molecular flexibility index (Phi) is 3.67. The van der Waals surface area contributed by atoms with Crippen molar-refractivity contribution in [2.75, 3.05) is 0 Å². The third-order valence-electron chi connectivity index (χ3n) is 2.56. The van der Waals surface area contributed by atoms with Gasteiger partial charge in [0.25, 0.3) is 0 Å². The zero-order valence-electron chi connectivity index (χ0n) is 10.5. The Morgan fingerprint density at radius 2 is 2.19 bits per heavy atom. The largest absolute Gasteiger partial charge is 0.476 e. The normalized spacial score (nSPS) is 10.5. The van der Waals surface area contributed by atoms with Crippen molar-refractivity contribution in [1.29, 1.82) is 0 Å². The van der Waals surface area contributed by atoms with E-state index in [1.807, 2.05) is 0 Å². The maximum Gasteiger partial charge on any atom is 0.365 e. The number of aromatic carboxylic acids is 1. The highest BCUT2D eigenvalue weighted by molar-refractivity contribution is 7.11. The van der Waals surface area contributed by atoms with Gasteiger partial charge in [-0.15, -0.1) is 11.3 Å². The van der Waals surface area contributed by atoms with Crippen LogP contribution in [0.2, 0.25) is 0 Å². The average Bonchev–Trinajstić information content (AvgIpc) is 2.87. The molecule has 2 heterocycles. The van der Waals surface area contributed by atoms with Gasteiger partial charge in [0.2, 0.25) is 5.01 Å². The smallest absolute Gasteiger partial charge is 0.365 e. The number of rotatable bonds is 4. The monoisotopic (exact) mass is 312 g/mol. The topological polar surface area (TPSA) is 137 Å². The maximum absolute atomic E-state index is 11.9. The molecule has 0 aromatic carbocycles. The molecule has 2 aromatic rings. The highest BCUT2D eigenvalue weighted by Crippen LogP contribution is 2.10. The van der Waals surface area contributed by atoms with Crippen molar-refractivity contribution >= 4 is 23.0 Å². The number of hydrogen-bond acceptors (Lipinski definition) is 7. The van der Waals surface area contributed by atoms with E-state index in [0.29, 0.717) is 4.57 Å². The number of aryl methyl sites for hydroxylation is 1. The highest BCUT2D eigenvalue weighted by Gasteiger charge is 2.19. The van der Waals surface area contributed by atoms with Crippen LogP contribution in [0.5, 0.6) is 0 Å². The summed E-state index contributed by atoms with van der Waals surface area (Å²) in [5, 5.41) is 20.7. The molecule has 2 rings (SSSR count). The number of nitro groups is 1. The van der Waals surface area contributed by atoms with Gasteiger partial charge in [-0.25, -0.2) is 19.1 Å². The molecule has 2 aromatic heterocycles. The molecule has 0 saturated carbocycles. The maximum atomic E-state index is 11.9. The Morgan fingerprint density at radius 1 is 1.52 bits per heavy atom. The Bertz CT molecular complexity index is 848. The molecular formula is C10H8N4O6S. The van der Waals surface area contributed by atoms with Crippen LogP contribution in [0.4, 0.5) is 5.69 Å².